The molecule has 1 aromatic rings. The second kappa shape index (κ2) is 3.85. The molecule has 1 aliphatic rings. The van der Waals surface area contributed by atoms with Crippen LogP contribution in [0, 0.1) is 5.92 Å². The van der Waals surface area contributed by atoms with Crippen molar-refractivity contribution in [3.8, 4) is 0 Å². The number of aliphatic hydroxyl groups excluding tert-OH is 1. The molecule has 2 atom stereocenters. The molecule has 3 nitrogen and oxygen atoms in total. The van der Waals surface area contributed by atoms with Gasteiger partial charge >= 0.3 is 0 Å². The Morgan fingerprint density at radius 1 is 1.38 bits per heavy atom. The summed E-state index contributed by atoms with van der Waals surface area (Å²) in [6.07, 6.45) is 3.62. The number of pyridine rings is 1. The van der Waals surface area contributed by atoms with E-state index in [1.807, 2.05) is 24.5 Å². The molecule has 0 radical (unpaired) electrons. The van der Waals surface area contributed by atoms with Crippen molar-refractivity contribution in [2.75, 3.05) is 19.7 Å². The maximum Gasteiger partial charge on any atom is 0.0477 e. The monoisotopic (exact) mass is 178 g/mol. The zero-order valence-corrected chi connectivity index (χ0v) is 7.48. The first kappa shape index (κ1) is 8.66. The van der Waals surface area contributed by atoms with Gasteiger partial charge in [0.05, 0.1) is 0 Å². The summed E-state index contributed by atoms with van der Waals surface area (Å²) in [7, 11) is 0. The van der Waals surface area contributed by atoms with Gasteiger partial charge in [-0.25, -0.2) is 0 Å². The number of aliphatic hydroxyl groups is 1. The minimum Gasteiger partial charge on any atom is -0.396 e. The number of hydrogen-bond donors (Lipinski definition) is 2. The smallest absolute Gasteiger partial charge is 0.0477 e. The SMILES string of the molecule is OC[C@H]1CNC[C@H]1c1ccncc1. The molecular weight excluding hydrogens is 164 g/mol. The van der Waals surface area contributed by atoms with E-state index in [1.165, 1.54) is 5.56 Å². The van der Waals surface area contributed by atoms with E-state index >= 15 is 0 Å². The molecule has 13 heavy (non-hydrogen) atoms. The van der Waals surface area contributed by atoms with Crippen LogP contribution in [0.25, 0.3) is 0 Å². The highest BCUT2D eigenvalue weighted by atomic mass is 16.3. The van der Waals surface area contributed by atoms with Gasteiger partial charge in [-0.05, 0) is 17.7 Å². The van der Waals surface area contributed by atoms with Gasteiger partial charge in [0.1, 0.15) is 0 Å². The van der Waals surface area contributed by atoms with Gasteiger partial charge in [0.2, 0.25) is 0 Å². The number of aromatic nitrogens is 1. The van der Waals surface area contributed by atoms with Crippen molar-refractivity contribution in [1.82, 2.24) is 10.3 Å². The van der Waals surface area contributed by atoms with E-state index in [1.54, 1.807) is 0 Å². The lowest BCUT2D eigenvalue weighted by atomic mass is 9.90. The molecule has 0 saturated carbocycles. The Hall–Kier alpha value is -0.930. The third kappa shape index (κ3) is 1.71. The van der Waals surface area contributed by atoms with E-state index in [9.17, 15) is 0 Å². The molecule has 70 valence electrons. The first-order valence-corrected chi connectivity index (χ1v) is 4.63. The largest absolute Gasteiger partial charge is 0.396 e. The number of hydrogen-bond acceptors (Lipinski definition) is 3. The van der Waals surface area contributed by atoms with Crippen molar-refractivity contribution in [3.63, 3.8) is 0 Å². The van der Waals surface area contributed by atoms with Crippen LogP contribution in [-0.2, 0) is 0 Å². The van der Waals surface area contributed by atoms with Crippen LogP contribution >= 0.6 is 0 Å². The fourth-order valence-electron chi connectivity index (χ4n) is 1.93. The van der Waals surface area contributed by atoms with Gasteiger partial charge in [-0.1, -0.05) is 0 Å². The Kier molecular flexibility index (Phi) is 2.57. The van der Waals surface area contributed by atoms with E-state index in [2.05, 4.69) is 10.3 Å². The first-order chi connectivity index (χ1) is 6.42. The summed E-state index contributed by atoms with van der Waals surface area (Å²) in [6, 6.07) is 4.06. The molecule has 2 rings (SSSR count). The lowest BCUT2D eigenvalue weighted by Crippen LogP contribution is -2.14. The van der Waals surface area contributed by atoms with Crippen LogP contribution in [0.3, 0.4) is 0 Å². The fourth-order valence-corrected chi connectivity index (χ4v) is 1.93. The van der Waals surface area contributed by atoms with Crippen molar-refractivity contribution in [2.24, 2.45) is 5.92 Å². The van der Waals surface area contributed by atoms with Crippen LogP contribution in [0.5, 0.6) is 0 Å². The highest BCUT2D eigenvalue weighted by Gasteiger charge is 2.27. The third-order valence-electron chi connectivity index (χ3n) is 2.71. The molecule has 2 heterocycles. The van der Waals surface area contributed by atoms with E-state index < -0.39 is 0 Å². The van der Waals surface area contributed by atoms with E-state index in [0.29, 0.717) is 11.8 Å². The number of nitrogens with zero attached hydrogens (tertiary/aromatic N) is 1. The van der Waals surface area contributed by atoms with Crippen LogP contribution < -0.4 is 5.32 Å². The second-order valence-corrected chi connectivity index (χ2v) is 3.49. The van der Waals surface area contributed by atoms with Crippen LogP contribution in [0.2, 0.25) is 0 Å². The maximum atomic E-state index is 9.14. The molecule has 0 aromatic carbocycles. The summed E-state index contributed by atoms with van der Waals surface area (Å²) in [5.74, 6) is 0.815. The molecule has 2 N–H and O–H groups in total. The van der Waals surface area contributed by atoms with Gasteiger partial charge < -0.3 is 10.4 Å². The average Bonchev–Trinajstić information content (AvgIpc) is 2.67. The first-order valence-electron chi connectivity index (χ1n) is 4.63. The normalized spacial score (nSPS) is 27.8. The van der Waals surface area contributed by atoms with Crippen molar-refractivity contribution >= 4 is 0 Å². The minimum atomic E-state index is 0.264. The summed E-state index contributed by atoms with van der Waals surface area (Å²) >= 11 is 0. The van der Waals surface area contributed by atoms with E-state index in [-0.39, 0.29) is 6.61 Å². The van der Waals surface area contributed by atoms with Gasteiger partial charge in [0, 0.05) is 43.9 Å². The summed E-state index contributed by atoms with van der Waals surface area (Å²) in [5, 5.41) is 12.4. The predicted molar refractivity (Wildman–Crippen MR) is 50.4 cm³/mol. The molecule has 0 aliphatic carbocycles. The van der Waals surface area contributed by atoms with Gasteiger partial charge in [0.25, 0.3) is 0 Å². The topological polar surface area (TPSA) is 45.1 Å². The summed E-state index contributed by atoms with van der Waals surface area (Å²) in [5.41, 5.74) is 1.28. The molecule has 0 amide bonds. The minimum absolute atomic E-state index is 0.264. The fraction of sp³-hybridized carbons (Fsp3) is 0.500. The Bertz CT molecular complexity index is 263. The zero-order valence-electron chi connectivity index (χ0n) is 7.48. The highest BCUT2D eigenvalue weighted by molar-refractivity contribution is 5.19. The van der Waals surface area contributed by atoms with Crippen molar-refractivity contribution in [3.05, 3.63) is 30.1 Å². The van der Waals surface area contributed by atoms with Crippen molar-refractivity contribution in [1.29, 1.82) is 0 Å². The quantitative estimate of drug-likeness (QED) is 0.688. The number of rotatable bonds is 2. The van der Waals surface area contributed by atoms with E-state index in [4.69, 9.17) is 5.11 Å². The molecule has 1 aliphatic heterocycles. The molecule has 1 fully saturated rings. The van der Waals surface area contributed by atoms with Crippen LogP contribution in [0.4, 0.5) is 0 Å². The summed E-state index contributed by atoms with van der Waals surface area (Å²) in [6.45, 7) is 2.15. The van der Waals surface area contributed by atoms with Crippen LogP contribution in [-0.4, -0.2) is 29.8 Å². The predicted octanol–water partition coefficient (Wildman–Crippen LogP) is 0.377. The summed E-state index contributed by atoms with van der Waals surface area (Å²) in [4.78, 5) is 3.98. The average molecular weight is 178 g/mol. The molecule has 0 spiro atoms. The zero-order chi connectivity index (χ0) is 9.10. The van der Waals surface area contributed by atoms with Gasteiger partial charge in [-0.2, -0.15) is 0 Å². The third-order valence-corrected chi connectivity index (χ3v) is 2.71. The van der Waals surface area contributed by atoms with Crippen molar-refractivity contribution < 1.29 is 5.11 Å². The molecule has 0 unspecified atom stereocenters. The number of nitrogens with one attached hydrogen (secondary N) is 1. The Morgan fingerprint density at radius 2 is 2.15 bits per heavy atom. The van der Waals surface area contributed by atoms with Gasteiger partial charge in [0.15, 0.2) is 0 Å². The molecule has 1 saturated heterocycles. The Morgan fingerprint density at radius 3 is 2.85 bits per heavy atom. The molecule has 1 aromatic heterocycles. The van der Waals surface area contributed by atoms with Crippen molar-refractivity contribution in [2.45, 2.75) is 5.92 Å². The Balaban J connectivity index is 2.16. The van der Waals surface area contributed by atoms with Gasteiger partial charge in [-0.15, -0.1) is 0 Å². The molecule has 0 bridgehead atoms. The van der Waals surface area contributed by atoms with E-state index in [0.717, 1.165) is 13.1 Å². The van der Waals surface area contributed by atoms with Gasteiger partial charge in [-0.3, -0.25) is 4.98 Å². The lowest BCUT2D eigenvalue weighted by Gasteiger charge is -2.15. The molecule has 3 heteroatoms. The second-order valence-electron chi connectivity index (χ2n) is 3.49. The lowest BCUT2D eigenvalue weighted by molar-refractivity contribution is 0.226. The Labute approximate surface area is 77.8 Å². The highest BCUT2D eigenvalue weighted by Crippen LogP contribution is 2.26. The summed E-state index contributed by atoms with van der Waals surface area (Å²) < 4.78 is 0. The standard InChI is InChI=1S/C10H14N2O/c13-7-9-5-12-6-10(9)8-1-3-11-4-2-8/h1-4,9-10,12-13H,5-7H2/t9-,10+/m1/s1. The maximum absolute atomic E-state index is 9.14. The van der Waals surface area contributed by atoms with Crippen LogP contribution in [0.1, 0.15) is 11.5 Å². The molecular formula is C10H14N2O. The van der Waals surface area contributed by atoms with Crippen LogP contribution in [0.15, 0.2) is 24.5 Å².